The normalized spacial score (nSPS) is 27.1. The van der Waals surface area contributed by atoms with E-state index in [1.165, 1.54) is 31.5 Å². The highest BCUT2D eigenvalue weighted by Gasteiger charge is 2.35. The van der Waals surface area contributed by atoms with Crippen molar-refractivity contribution in [3.8, 4) is 0 Å². The van der Waals surface area contributed by atoms with Gasteiger partial charge in [-0.2, -0.15) is 0 Å². The number of esters is 1. The Labute approximate surface area is 130 Å². The molecule has 0 N–H and O–H groups in total. The van der Waals surface area contributed by atoms with E-state index in [1.54, 1.807) is 0 Å². The van der Waals surface area contributed by atoms with Gasteiger partial charge in [0.15, 0.2) is 0 Å². The molecule has 1 heterocycles. The van der Waals surface area contributed by atoms with Crippen LogP contribution in [-0.4, -0.2) is 35.0 Å². The number of hydrogen-bond acceptors (Lipinski definition) is 5. The zero-order valence-corrected chi connectivity index (χ0v) is 13.8. The van der Waals surface area contributed by atoms with Crippen molar-refractivity contribution in [1.29, 1.82) is 0 Å². The van der Waals surface area contributed by atoms with Crippen molar-refractivity contribution in [3.05, 3.63) is 0 Å². The van der Waals surface area contributed by atoms with Gasteiger partial charge in [-0.25, -0.2) is 0 Å². The number of thioether (sulfide) groups is 2. The second kappa shape index (κ2) is 8.32. The smallest absolute Gasteiger partial charge is 0.305 e. The lowest BCUT2D eigenvalue weighted by Crippen LogP contribution is -2.18. The monoisotopic (exact) mass is 316 g/mol. The SMILES string of the molecule is COC(=O)CC1CCC(=O)C1CCCCC1SCCS1. The predicted molar refractivity (Wildman–Crippen MR) is 85.0 cm³/mol. The molecule has 2 atom stereocenters. The fourth-order valence-electron chi connectivity index (χ4n) is 3.16. The quantitative estimate of drug-likeness (QED) is 0.531. The molecule has 3 nitrogen and oxygen atoms in total. The summed E-state index contributed by atoms with van der Waals surface area (Å²) < 4.78 is 5.51. The van der Waals surface area contributed by atoms with E-state index < -0.39 is 0 Å². The number of methoxy groups -OCH3 is 1. The Morgan fingerprint density at radius 3 is 2.65 bits per heavy atom. The first-order chi connectivity index (χ1) is 9.70. The Balaban J connectivity index is 1.68. The lowest BCUT2D eigenvalue weighted by molar-refractivity contribution is -0.142. The molecule has 2 fully saturated rings. The number of Topliss-reactive ketones (excluding diaryl/α,β-unsaturated/α-hetero) is 1. The molecule has 1 saturated carbocycles. The second-order valence-electron chi connectivity index (χ2n) is 5.61. The molecule has 5 heteroatoms. The molecule has 1 aliphatic carbocycles. The van der Waals surface area contributed by atoms with Crippen molar-refractivity contribution in [2.45, 2.75) is 49.5 Å². The minimum absolute atomic E-state index is 0.109. The topological polar surface area (TPSA) is 43.4 Å². The Morgan fingerprint density at radius 2 is 1.95 bits per heavy atom. The Hall–Kier alpha value is -0.160. The van der Waals surface area contributed by atoms with E-state index in [-0.39, 0.29) is 17.8 Å². The van der Waals surface area contributed by atoms with E-state index in [0.29, 0.717) is 18.6 Å². The Bertz CT molecular complexity index is 340. The van der Waals surface area contributed by atoms with Gasteiger partial charge in [0.05, 0.1) is 11.7 Å². The van der Waals surface area contributed by atoms with Crippen molar-refractivity contribution < 1.29 is 14.3 Å². The molecule has 20 heavy (non-hydrogen) atoms. The summed E-state index contributed by atoms with van der Waals surface area (Å²) in [4.78, 5) is 23.3. The average Bonchev–Trinajstić information content (AvgIpc) is 3.06. The first-order valence-electron chi connectivity index (χ1n) is 7.53. The van der Waals surface area contributed by atoms with Gasteiger partial charge < -0.3 is 4.74 Å². The standard InChI is InChI=1S/C15H24O3S2/c1-18-14(17)10-11-6-7-13(16)12(11)4-2-3-5-15-19-8-9-20-15/h11-12,15H,2-10H2,1H3. The summed E-state index contributed by atoms with van der Waals surface area (Å²) in [5.74, 6) is 3.11. The van der Waals surface area contributed by atoms with Crippen LogP contribution in [0.25, 0.3) is 0 Å². The van der Waals surface area contributed by atoms with Crippen LogP contribution in [0, 0.1) is 11.8 Å². The van der Waals surface area contributed by atoms with Crippen molar-refractivity contribution >= 4 is 35.3 Å². The molecular formula is C15H24O3S2. The molecule has 0 aromatic carbocycles. The Morgan fingerprint density at radius 1 is 1.25 bits per heavy atom. The molecule has 1 aliphatic heterocycles. The maximum Gasteiger partial charge on any atom is 0.305 e. The summed E-state index contributed by atoms with van der Waals surface area (Å²) in [6.45, 7) is 0. The number of ketones is 1. The molecule has 0 radical (unpaired) electrons. The number of carbonyl (C=O) groups is 2. The zero-order valence-electron chi connectivity index (χ0n) is 12.1. The number of rotatable bonds is 7. The van der Waals surface area contributed by atoms with Crippen LogP contribution < -0.4 is 0 Å². The molecule has 2 rings (SSSR count). The molecule has 0 aromatic rings. The van der Waals surface area contributed by atoms with Crippen LogP contribution in [0.1, 0.15) is 44.9 Å². The molecule has 0 aromatic heterocycles. The third-order valence-corrected chi connectivity index (χ3v) is 7.47. The summed E-state index contributed by atoms with van der Waals surface area (Å²) in [7, 11) is 1.42. The highest BCUT2D eigenvalue weighted by molar-refractivity contribution is 8.20. The summed E-state index contributed by atoms with van der Waals surface area (Å²) in [5, 5.41) is 0. The minimum atomic E-state index is -0.173. The molecule has 0 amide bonds. The van der Waals surface area contributed by atoms with Crippen molar-refractivity contribution in [1.82, 2.24) is 0 Å². The van der Waals surface area contributed by atoms with E-state index in [0.717, 1.165) is 23.8 Å². The number of hydrogen-bond donors (Lipinski definition) is 0. The Kier molecular flexibility index (Phi) is 6.75. The van der Waals surface area contributed by atoms with Gasteiger partial charge in [0.1, 0.15) is 5.78 Å². The van der Waals surface area contributed by atoms with Gasteiger partial charge in [-0.15, -0.1) is 23.5 Å². The zero-order chi connectivity index (χ0) is 14.4. The molecule has 0 spiro atoms. The molecule has 2 aliphatic rings. The van der Waals surface area contributed by atoms with Crippen molar-refractivity contribution in [2.75, 3.05) is 18.6 Å². The van der Waals surface area contributed by atoms with E-state index in [4.69, 9.17) is 4.74 Å². The van der Waals surface area contributed by atoms with E-state index in [9.17, 15) is 9.59 Å². The van der Waals surface area contributed by atoms with Crippen LogP contribution in [0.15, 0.2) is 0 Å². The molecular weight excluding hydrogens is 292 g/mol. The lowest BCUT2D eigenvalue weighted by Gasteiger charge is -2.17. The third-order valence-electron chi connectivity index (χ3n) is 4.30. The van der Waals surface area contributed by atoms with Gasteiger partial charge in [-0.3, -0.25) is 9.59 Å². The van der Waals surface area contributed by atoms with Gasteiger partial charge in [0.25, 0.3) is 0 Å². The molecule has 2 unspecified atom stereocenters. The van der Waals surface area contributed by atoms with Crippen LogP contribution in [0.3, 0.4) is 0 Å². The predicted octanol–water partition coefficient (Wildman–Crippen LogP) is 3.51. The van der Waals surface area contributed by atoms with E-state index in [1.807, 2.05) is 0 Å². The maximum atomic E-state index is 11.9. The first-order valence-corrected chi connectivity index (χ1v) is 9.63. The lowest BCUT2D eigenvalue weighted by atomic mass is 9.88. The van der Waals surface area contributed by atoms with E-state index >= 15 is 0 Å². The maximum absolute atomic E-state index is 11.9. The number of ether oxygens (including phenoxy) is 1. The van der Waals surface area contributed by atoms with Crippen molar-refractivity contribution in [3.63, 3.8) is 0 Å². The van der Waals surface area contributed by atoms with Crippen LogP contribution in [0.2, 0.25) is 0 Å². The molecule has 114 valence electrons. The van der Waals surface area contributed by atoms with Gasteiger partial charge in [0.2, 0.25) is 0 Å². The van der Waals surface area contributed by atoms with Crippen LogP contribution >= 0.6 is 23.5 Å². The second-order valence-corrected chi connectivity index (χ2v) is 8.53. The molecule has 0 bridgehead atoms. The largest absolute Gasteiger partial charge is 0.469 e. The van der Waals surface area contributed by atoms with E-state index in [2.05, 4.69) is 23.5 Å². The summed E-state index contributed by atoms with van der Waals surface area (Å²) in [6, 6.07) is 0. The fourth-order valence-corrected chi connectivity index (χ4v) is 6.09. The number of unbranched alkanes of at least 4 members (excludes halogenated alkanes) is 1. The summed E-state index contributed by atoms with van der Waals surface area (Å²) in [5.41, 5.74) is 0. The van der Waals surface area contributed by atoms with Gasteiger partial charge in [0, 0.05) is 30.3 Å². The third kappa shape index (κ3) is 4.69. The van der Waals surface area contributed by atoms with Crippen LogP contribution in [-0.2, 0) is 14.3 Å². The van der Waals surface area contributed by atoms with Crippen LogP contribution in [0.5, 0.6) is 0 Å². The highest BCUT2D eigenvalue weighted by Crippen LogP contribution is 2.37. The summed E-state index contributed by atoms with van der Waals surface area (Å²) >= 11 is 4.14. The fraction of sp³-hybridized carbons (Fsp3) is 0.867. The van der Waals surface area contributed by atoms with Crippen LogP contribution in [0.4, 0.5) is 0 Å². The first kappa shape index (κ1) is 16.2. The average molecular weight is 316 g/mol. The van der Waals surface area contributed by atoms with Gasteiger partial charge in [-0.05, 0) is 25.2 Å². The van der Waals surface area contributed by atoms with Gasteiger partial charge >= 0.3 is 5.97 Å². The van der Waals surface area contributed by atoms with Gasteiger partial charge in [-0.1, -0.05) is 12.8 Å². The highest BCUT2D eigenvalue weighted by atomic mass is 32.2. The number of carbonyl (C=O) groups excluding carboxylic acids is 2. The molecule has 1 saturated heterocycles. The van der Waals surface area contributed by atoms with Crippen molar-refractivity contribution in [2.24, 2.45) is 11.8 Å². The summed E-state index contributed by atoms with van der Waals surface area (Å²) in [6.07, 6.45) is 6.49. The minimum Gasteiger partial charge on any atom is -0.469 e.